The number of aryl methyl sites for hydroxylation is 1. The Morgan fingerprint density at radius 2 is 1.90 bits per heavy atom. The van der Waals surface area contributed by atoms with Crippen molar-refractivity contribution in [3.8, 4) is 0 Å². The number of aromatic nitrogens is 1. The van der Waals surface area contributed by atoms with Crippen molar-refractivity contribution in [2.24, 2.45) is 7.05 Å². The Morgan fingerprint density at radius 3 is 2.57 bits per heavy atom. The molecule has 0 amide bonds. The smallest absolute Gasteiger partial charge is 0.263 e. The minimum Gasteiger partial charge on any atom is -0.354 e. The second-order valence-corrected chi connectivity index (χ2v) is 7.54. The van der Waals surface area contributed by atoms with Gasteiger partial charge in [0.2, 0.25) is 5.43 Å². The van der Waals surface area contributed by atoms with Gasteiger partial charge in [0.15, 0.2) is 0 Å². The summed E-state index contributed by atoms with van der Waals surface area (Å²) < 4.78 is 28.7. The van der Waals surface area contributed by atoms with Crippen molar-refractivity contribution in [3.05, 3.63) is 55.3 Å². The molecule has 0 saturated heterocycles. The van der Waals surface area contributed by atoms with Crippen LogP contribution in [0.15, 0.2) is 44.8 Å². The number of halogens is 3. The number of hydrogen-bond donors (Lipinski definition) is 1. The number of nitrogens with one attached hydrogen (secondary N) is 1. The first-order chi connectivity index (χ1) is 9.70. The number of nitrogens with zero attached hydrogens (tertiary/aromatic N) is 1. The Kier molecular flexibility index (Phi) is 4.67. The highest BCUT2D eigenvalue weighted by Crippen LogP contribution is 2.26. The van der Waals surface area contributed by atoms with Crippen molar-refractivity contribution >= 4 is 54.8 Å². The van der Waals surface area contributed by atoms with E-state index in [2.05, 4.69) is 20.7 Å². The third-order valence-electron chi connectivity index (χ3n) is 2.54. The third kappa shape index (κ3) is 3.60. The maximum absolute atomic E-state index is 12.3. The molecule has 0 aliphatic rings. The number of hydrogen-bond acceptors (Lipinski definition) is 3. The summed E-state index contributed by atoms with van der Waals surface area (Å²) in [5, 5.41) is 0.237. The summed E-state index contributed by atoms with van der Waals surface area (Å²) in [6, 6.07) is 4.06. The molecule has 0 unspecified atom stereocenters. The fourth-order valence-electron chi connectivity index (χ4n) is 1.62. The molecule has 0 aliphatic heterocycles. The molecule has 21 heavy (non-hydrogen) atoms. The van der Waals surface area contributed by atoms with Crippen LogP contribution in [0, 0.1) is 0 Å². The van der Waals surface area contributed by atoms with E-state index in [0.717, 1.165) is 0 Å². The first-order valence-electron chi connectivity index (χ1n) is 5.54. The highest BCUT2D eigenvalue weighted by atomic mass is 79.9. The Labute approximate surface area is 139 Å². The lowest BCUT2D eigenvalue weighted by Crippen LogP contribution is -2.20. The normalized spacial score (nSPS) is 11.4. The van der Waals surface area contributed by atoms with E-state index in [-0.39, 0.29) is 25.1 Å². The molecule has 0 saturated carbocycles. The van der Waals surface area contributed by atoms with Crippen molar-refractivity contribution in [1.29, 1.82) is 0 Å². The number of pyridine rings is 1. The van der Waals surface area contributed by atoms with E-state index in [0.29, 0.717) is 0 Å². The van der Waals surface area contributed by atoms with E-state index < -0.39 is 15.5 Å². The van der Waals surface area contributed by atoms with Gasteiger partial charge < -0.3 is 4.57 Å². The van der Waals surface area contributed by atoms with Gasteiger partial charge >= 0.3 is 0 Å². The number of sulfonamides is 1. The van der Waals surface area contributed by atoms with E-state index >= 15 is 0 Å². The van der Waals surface area contributed by atoms with E-state index in [1.54, 1.807) is 11.6 Å². The Bertz CT molecular complexity index is 865. The van der Waals surface area contributed by atoms with Crippen LogP contribution in [-0.4, -0.2) is 13.0 Å². The van der Waals surface area contributed by atoms with Crippen LogP contribution in [0.4, 0.5) is 5.69 Å². The van der Waals surface area contributed by atoms with Crippen LogP contribution in [0.2, 0.25) is 10.0 Å². The lowest BCUT2D eigenvalue weighted by Gasteiger charge is -2.11. The minimum atomic E-state index is -4.02. The van der Waals surface area contributed by atoms with Gasteiger partial charge in [0.25, 0.3) is 10.0 Å². The summed E-state index contributed by atoms with van der Waals surface area (Å²) in [7, 11) is -2.36. The Hall–Kier alpha value is -1.02. The molecule has 0 atom stereocenters. The quantitative estimate of drug-likeness (QED) is 0.842. The van der Waals surface area contributed by atoms with Gasteiger partial charge in [0.1, 0.15) is 10.6 Å². The first-order valence-corrected chi connectivity index (χ1v) is 8.57. The summed E-state index contributed by atoms with van der Waals surface area (Å²) in [5.41, 5.74) is -0.572. The van der Waals surface area contributed by atoms with Gasteiger partial charge in [-0.05, 0) is 34.1 Å². The van der Waals surface area contributed by atoms with Crippen molar-refractivity contribution in [3.63, 3.8) is 0 Å². The van der Waals surface area contributed by atoms with Crippen LogP contribution >= 0.6 is 39.1 Å². The lowest BCUT2D eigenvalue weighted by atomic mass is 10.4. The Morgan fingerprint density at radius 1 is 1.24 bits per heavy atom. The van der Waals surface area contributed by atoms with Crippen LogP contribution in [-0.2, 0) is 17.1 Å². The fraction of sp³-hybridized carbons (Fsp3) is 0.0833. The number of anilines is 1. The SMILES string of the molecule is Cn1cc(Br)c(=O)c(NS(=O)(=O)c2cc(Cl)ccc2Cl)c1. The molecular weight excluding hydrogens is 403 g/mol. The van der Waals surface area contributed by atoms with Gasteiger partial charge in [-0.2, -0.15) is 0 Å². The zero-order valence-corrected chi connectivity index (χ0v) is 14.5. The van der Waals surface area contributed by atoms with E-state index in [1.165, 1.54) is 30.6 Å². The molecule has 1 aromatic heterocycles. The third-order valence-corrected chi connectivity index (χ3v) is 5.19. The highest BCUT2D eigenvalue weighted by Gasteiger charge is 2.20. The molecule has 112 valence electrons. The van der Waals surface area contributed by atoms with E-state index in [1.807, 2.05) is 0 Å². The maximum Gasteiger partial charge on any atom is 0.263 e. The molecule has 1 aromatic carbocycles. The van der Waals surface area contributed by atoms with Crippen molar-refractivity contribution in [2.75, 3.05) is 4.72 Å². The standard InChI is InChI=1S/C12H9BrCl2N2O3S/c1-17-5-8(13)12(18)10(6-17)16-21(19,20)11-4-7(14)2-3-9(11)15/h2-6,16H,1H3. The largest absolute Gasteiger partial charge is 0.354 e. The zero-order chi connectivity index (χ0) is 15.8. The van der Waals surface area contributed by atoms with Crippen LogP contribution in [0.1, 0.15) is 0 Å². The molecule has 0 spiro atoms. The predicted molar refractivity (Wildman–Crippen MR) is 86.7 cm³/mol. The van der Waals surface area contributed by atoms with Crippen molar-refractivity contribution < 1.29 is 8.42 Å². The maximum atomic E-state index is 12.3. The zero-order valence-electron chi connectivity index (χ0n) is 10.6. The van der Waals surface area contributed by atoms with Crippen LogP contribution in [0.25, 0.3) is 0 Å². The van der Waals surface area contributed by atoms with Gasteiger partial charge in [-0.15, -0.1) is 0 Å². The topological polar surface area (TPSA) is 68.2 Å². The van der Waals surface area contributed by atoms with Gasteiger partial charge in [-0.3, -0.25) is 9.52 Å². The highest BCUT2D eigenvalue weighted by molar-refractivity contribution is 9.10. The monoisotopic (exact) mass is 410 g/mol. The molecule has 2 aromatic rings. The van der Waals surface area contributed by atoms with Gasteiger partial charge in [-0.1, -0.05) is 23.2 Å². The molecular formula is C12H9BrCl2N2O3S. The fourth-order valence-corrected chi connectivity index (χ4v) is 3.97. The average molecular weight is 412 g/mol. The molecule has 9 heteroatoms. The van der Waals surface area contributed by atoms with Crippen molar-refractivity contribution in [2.45, 2.75) is 4.90 Å². The second-order valence-electron chi connectivity index (χ2n) is 4.19. The molecule has 5 nitrogen and oxygen atoms in total. The molecule has 2 rings (SSSR count). The summed E-state index contributed by atoms with van der Waals surface area (Å²) in [6.07, 6.45) is 2.88. The van der Waals surface area contributed by atoms with Gasteiger partial charge in [0.05, 0.1) is 9.50 Å². The first kappa shape index (κ1) is 16.4. The van der Waals surface area contributed by atoms with Crippen molar-refractivity contribution in [1.82, 2.24) is 4.57 Å². The minimum absolute atomic E-state index is 0.0127. The summed E-state index contributed by atoms with van der Waals surface area (Å²) in [4.78, 5) is 11.7. The van der Waals surface area contributed by atoms with Gasteiger partial charge in [0, 0.05) is 24.5 Å². The summed E-state index contributed by atoms with van der Waals surface area (Å²) >= 11 is 14.7. The molecule has 0 radical (unpaired) electrons. The molecule has 0 bridgehead atoms. The van der Waals surface area contributed by atoms with E-state index in [9.17, 15) is 13.2 Å². The second kappa shape index (κ2) is 6.00. The van der Waals surface area contributed by atoms with Gasteiger partial charge in [-0.25, -0.2) is 8.42 Å². The predicted octanol–water partition coefficient (Wildman–Crippen LogP) is 3.26. The number of rotatable bonds is 3. The summed E-state index contributed by atoms with van der Waals surface area (Å²) in [6.45, 7) is 0. The van der Waals surface area contributed by atoms with Crippen LogP contribution < -0.4 is 10.2 Å². The Balaban J connectivity index is 2.52. The molecule has 1 N–H and O–H groups in total. The van der Waals surface area contributed by atoms with E-state index in [4.69, 9.17) is 23.2 Å². The molecule has 0 fully saturated rings. The average Bonchev–Trinajstić information content (AvgIpc) is 2.37. The molecule has 0 aliphatic carbocycles. The van der Waals surface area contributed by atoms with Crippen LogP contribution in [0.3, 0.4) is 0 Å². The number of benzene rings is 1. The summed E-state index contributed by atoms with van der Waals surface area (Å²) in [5.74, 6) is 0. The molecule has 1 heterocycles. The van der Waals surface area contributed by atoms with Crippen LogP contribution in [0.5, 0.6) is 0 Å². The lowest BCUT2D eigenvalue weighted by molar-refractivity contribution is 0.601.